The second-order valence-corrected chi connectivity index (χ2v) is 6.15. The van der Waals surface area contributed by atoms with E-state index >= 15 is 0 Å². The Bertz CT molecular complexity index is 392. The van der Waals surface area contributed by atoms with E-state index in [1.807, 2.05) is 24.3 Å². The number of halogens is 1. The van der Waals surface area contributed by atoms with Crippen molar-refractivity contribution in [2.75, 3.05) is 5.75 Å². The van der Waals surface area contributed by atoms with E-state index < -0.39 is 11.4 Å². The molecule has 100 valence electrons. The highest BCUT2D eigenvalue weighted by Crippen LogP contribution is 2.22. The molecule has 3 nitrogen and oxygen atoms in total. The van der Waals surface area contributed by atoms with Gasteiger partial charge in [-0.25, -0.2) is 0 Å². The molecule has 0 fully saturated rings. The van der Waals surface area contributed by atoms with Gasteiger partial charge in [-0.2, -0.15) is 0 Å². The Labute approximate surface area is 117 Å². The molecule has 0 aromatic heterocycles. The molecule has 1 atom stereocenters. The fraction of sp³-hybridized carbons (Fsp3) is 0.462. The van der Waals surface area contributed by atoms with Crippen LogP contribution in [-0.2, 0) is 4.79 Å². The Morgan fingerprint density at radius 1 is 1.33 bits per heavy atom. The molecule has 5 heteroatoms. The first-order valence-electron chi connectivity index (χ1n) is 5.89. The van der Waals surface area contributed by atoms with E-state index in [2.05, 4.69) is 0 Å². The number of benzene rings is 1. The minimum absolute atomic E-state index is 0.437. The summed E-state index contributed by atoms with van der Waals surface area (Å²) in [6, 6.07) is 7.77. The zero-order valence-electron chi connectivity index (χ0n) is 10.5. The third kappa shape index (κ3) is 5.29. The third-order valence-electron chi connectivity index (χ3n) is 2.74. The monoisotopic (exact) mass is 286 g/mol. The van der Waals surface area contributed by atoms with Crippen LogP contribution >= 0.6 is 23.4 Å². The zero-order chi connectivity index (χ0) is 13.6. The van der Waals surface area contributed by atoms with E-state index in [9.17, 15) is 4.79 Å². The first-order chi connectivity index (χ1) is 8.42. The molecule has 0 aliphatic carbocycles. The largest absolute Gasteiger partial charge is 0.368 e. The lowest BCUT2D eigenvalue weighted by Crippen LogP contribution is -2.49. The van der Waals surface area contributed by atoms with Crippen molar-refractivity contribution in [2.45, 2.75) is 36.6 Å². The number of thioether (sulfide) groups is 1. The average molecular weight is 287 g/mol. The van der Waals surface area contributed by atoms with Gasteiger partial charge in [-0.3, -0.25) is 4.79 Å². The fourth-order valence-corrected chi connectivity index (χ4v) is 2.48. The van der Waals surface area contributed by atoms with Gasteiger partial charge in [0.1, 0.15) is 0 Å². The molecule has 1 amide bonds. The number of unbranched alkanes of at least 4 members (excludes halogenated alkanes) is 1. The standard InChI is InChI=1S/C13H19ClN2OS/c1-13(16,12(15)17)8-2-3-9-18-11-6-4-10(14)5-7-11/h4-7H,2-3,8-9,16H2,1H3,(H2,15,17). The second-order valence-electron chi connectivity index (χ2n) is 4.54. The molecule has 0 spiro atoms. The lowest BCUT2D eigenvalue weighted by atomic mass is 9.96. The maximum absolute atomic E-state index is 11.0. The van der Waals surface area contributed by atoms with E-state index in [0.717, 1.165) is 23.6 Å². The highest BCUT2D eigenvalue weighted by atomic mass is 35.5. The maximum atomic E-state index is 11.0. The van der Waals surface area contributed by atoms with Gasteiger partial charge in [0.2, 0.25) is 5.91 Å². The van der Waals surface area contributed by atoms with Gasteiger partial charge >= 0.3 is 0 Å². The summed E-state index contributed by atoms with van der Waals surface area (Å²) in [6.07, 6.45) is 2.54. The zero-order valence-corrected chi connectivity index (χ0v) is 12.1. The lowest BCUT2D eigenvalue weighted by molar-refractivity contribution is -0.122. The molecule has 4 N–H and O–H groups in total. The summed E-state index contributed by atoms with van der Waals surface area (Å²) in [4.78, 5) is 12.2. The van der Waals surface area contributed by atoms with Gasteiger partial charge in [0.15, 0.2) is 0 Å². The molecule has 1 unspecified atom stereocenters. The van der Waals surface area contributed by atoms with Crippen LogP contribution in [0.2, 0.25) is 5.02 Å². The molecule has 1 aromatic carbocycles. The van der Waals surface area contributed by atoms with Gasteiger partial charge in [-0.1, -0.05) is 18.0 Å². The van der Waals surface area contributed by atoms with Gasteiger partial charge < -0.3 is 11.5 Å². The first-order valence-corrected chi connectivity index (χ1v) is 7.25. The molecule has 0 aliphatic rings. The number of primary amides is 1. The molecule has 0 saturated carbocycles. The van der Waals surface area contributed by atoms with Gasteiger partial charge in [-0.15, -0.1) is 11.8 Å². The lowest BCUT2D eigenvalue weighted by Gasteiger charge is -2.19. The summed E-state index contributed by atoms with van der Waals surface area (Å²) in [5.74, 6) is 0.559. The highest BCUT2D eigenvalue weighted by Gasteiger charge is 2.24. The van der Waals surface area contributed by atoms with Crippen LogP contribution in [0.4, 0.5) is 0 Å². The molecule has 0 radical (unpaired) electrons. The van der Waals surface area contributed by atoms with E-state index in [4.69, 9.17) is 23.1 Å². The predicted octanol–water partition coefficient (Wildman–Crippen LogP) is 2.81. The molecule has 1 rings (SSSR count). The van der Waals surface area contributed by atoms with Crippen LogP contribution in [0.5, 0.6) is 0 Å². The van der Waals surface area contributed by atoms with Crippen molar-refractivity contribution >= 4 is 29.3 Å². The normalized spacial score (nSPS) is 14.2. The number of rotatable bonds is 7. The molecule has 0 heterocycles. The van der Waals surface area contributed by atoms with Crippen LogP contribution in [0.1, 0.15) is 26.2 Å². The summed E-state index contributed by atoms with van der Waals surface area (Å²) in [5, 5.41) is 0.750. The predicted molar refractivity (Wildman–Crippen MR) is 77.8 cm³/mol. The van der Waals surface area contributed by atoms with Crippen LogP contribution < -0.4 is 11.5 Å². The summed E-state index contributed by atoms with van der Waals surface area (Å²) in [5.41, 5.74) is 10.1. The van der Waals surface area contributed by atoms with Crippen molar-refractivity contribution in [1.82, 2.24) is 0 Å². The summed E-state index contributed by atoms with van der Waals surface area (Å²) >= 11 is 7.58. The van der Waals surface area contributed by atoms with Crippen molar-refractivity contribution in [3.05, 3.63) is 29.3 Å². The molecule has 0 aliphatic heterocycles. The van der Waals surface area contributed by atoms with Gasteiger partial charge in [0, 0.05) is 9.92 Å². The summed E-state index contributed by atoms with van der Waals surface area (Å²) < 4.78 is 0. The van der Waals surface area contributed by atoms with E-state index in [0.29, 0.717) is 6.42 Å². The number of carbonyl (C=O) groups excluding carboxylic acids is 1. The smallest absolute Gasteiger partial charge is 0.237 e. The van der Waals surface area contributed by atoms with Crippen LogP contribution in [0.15, 0.2) is 29.2 Å². The minimum Gasteiger partial charge on any atom is -0.368 e. The Morgan fingerprint density at radius 3 is 2.50 bits per heavy atom. The fourth-order valence-electron chi connectivity index (χ4n) is 1.44. The molecule has 1 aromatic rings. The summed E-state index contributed by atoms with van der Waals surface area (Å²) in [7, 11) is 0. The van der Waals surface area contributed by atoms with Crippen molar-refractivity contribution in [1.29, 1.82) is 0 Å². The quantitative estimate of drug-likeness (QED) is 0.598. The van der Waals surface area contributed by atoms with Crippen LogP contribution in [0, 0.1) is 0 Å². The average Bonchev–Trinajstić information content (AvgIpc) is 2.31. The van der Waals surface area contributed by atoms with Crippen molar-refractivity contribution in [3.8, 4) is 0 Å². The minimum atomic E-state index is -0.884. The molecule has 0 saturated heterocycles. The van der Waals surface area contributed by atoms with Gasteiger partial charge in [0.05, 0.1) is 5.54 Å². The Kier molecular flexibility index (Phi) is 5.99. The van der Waals surface area contributed by atoms with Gasteiger partial charge in [0.25, 0.3) is 0 Å². The second kappa shape index (κ2) is 7.02. The van der Waals surface area contributed by atoms with Crippen molar-refractivity contribution < 1.29 is 4.79 Å². The molecular formula is C13H19ClN2OS. The van der Waals surface area contributed by atoms with Crippen molar-refractivity contribution in [3.63, 3.8) is 0 Å². The molecule has 18 heavy (non-hydrogen) atoms. The topological polar surface area (TPSA) is 69.1 Å². The van der Waals surface area contributed by atoms with E-state index in [-0.39, 0.29) is 0 Å². The third-order valence-corrected chi connectivity index (χ3v) is 4.09. The van der Waals surface area contributed by atoms with Crippen LogP contribution in [-0.4, -0.2) is 17.2 Å². The van der Waals surface area contributed by atoms with E-state index in [1.54, 1.807) is 18.7 Å². The molecule has 0 bridgehead atoms. The number of hydrogen-bond acceptors (Lipinski definition) is 3. The Morgan fingerprint density at radius 2 is 1.94 bits per heavy atom. The SMILES string of the molecule is CC(N)(CCCCSc1ccc(Cl)cc1)C(N)=O. The number of carbonyl (C=O) groups is 1. The Hall–Kier alpha value is -0.710. The summed E-state index contributed by atoms with van der Waals surface area (Å²) in [6.45, 7) is 1.68. The van der Waals surface area contributed by atoms with E-state index in [1.165, 1.54) is 4.90 Å². The van der Waals surface area contributed by atoms with Crippen LogP contribution in [0.3, 0.4) is 0 Å². The van der Waals surface area contributed by atoms with Gasteiger partial charge in [-0.05, 0) is 49.8 Å². The maximum Gasteiger partial charge on any atom is 0.237 e. The number of amides is 1. The van der Waals surface area contributed by atoms with Crippen LogP contribution in [0.25, 0.3) is 0 Å². The first kappa shape index (κ1) is 15.3. The highest BCUT2D eigenvalue weighted by molar-refractivity contribution is 7.99. The Balaban J connectivity index is 2.20. The van der Waals surface area contributed by atoms with Crippen molar-refractivity contribution in [2.24, 2.45) is 11.5 Å². The number of nitrogens with two attached hydrogens (primary N) is 2. The molecular weight excluding hydrogens is 268 g/mol. The number of hydrogen-bond donors (Lipinski definition) is 2.